The predicted octanol–water partition coefficient (Wildman–Crippen LogP) is 6.57. The first-order valence-electron chi connectivity index (χ1n) is 14.9. The number of carbonyl (C=O) groups excluding carboxylic acids is 3. The summed E-state index contributed by atoms with van der Waals surface area (Å²) in [5, 5.41) is 0.889. The molecule has 1 saturated heterocycles. The monoisotopic (exact) mass is 592 g/mol. The van der Waals surface area contributed by atoms with Crippen LogP contribution in [-0.2, 0) is 0 Å². The molecule has 1 spiro atoms. The number of anilines is 1. The Morgan fingerprint density at radius 3 is 2.24 bits per heavy atom. The van der Waals surface area contributed by atoms with E-state index in [0.29, 0.717) is 39.3 Å². The fourth-order valence-corrected chi connectivity index (χ4v) is 7.86. The number of fused-ring (bicyclic) bond motifs is 7. The number of rotatable bonds is 5. The number of pyridine rings is 1. The fraction of sp³-hybridized carbons (Fsp3) is 0.158. The highest BCUT2D eigenvalue weighted by Crippen LogP contribution is 2.63. The number of ketones is 3. The molecule has 0 radical (unpaired) electrons. The standard InChI is InChI=1S/C38H28N2O5/c1-44-28-16-8-15-27(35(28)45-2)30-33(34(41)24-10-4-3-5-11-24)40-29(38(30)36(42)25-13-6-7-14-26(25)37(38)43)20-19-23-18-17-22-12-9-21-39-31(22)32(23)40/h3-21,29-30,33H,1-2H3/t29-,30+,33-/m0/s1. The second kappa shape index (κ2) is 9.99. The molecule has 0 bridgehead atoms. The molecule has 3 aliphatic rings. The van der Waals surface area contributed by atoms with Crippen molar-refractivity contribution in [1.29, 1.82) is 0 Å². The van der Waals surface area contributed by atoms with Crippen molar-refractivity contribution in [2.75, 3.05) is 19.1 Å². The number of ether oxygens (including phenoxy) is 2. The summed E-state index contributed by atoms with van der Waals surface area (Å²) in [6.07, 6.45) is 5.59. The average Bonchev–Trinajstić information content (AvgIpc) is 3.53. The summed E-state index contributed by atoms with van der Waals surface area (Å²) in [7, 11) is 3.07. The van der Waals surface area contributed by atoms with E-state index in [1.807, 2.05) is 71.6 Å². The smallest absolute Gasteiger partial charge is 0.185 e. The van der Waals surface area contributed by atoms with Crippen molar-refractivity contribution >= 4 is 40.0 Å². The molecule has 220 valence electrons. The quantitative estimate of drug-likeness (QED) is 0.169. The second-order valence-corrected chi connectivity index (χ2v) is 11.6. The first kappa shape index (κ1) is 27.0. The van der Waals surface area contributed by atoms with E-state index in [4.69, 9.17) is 14.5 Å². The summed E-state index contributed by atoms with van der Waals surface area (Å²) in [6.45, 7) is 0. The molecule has 7 nitrogen and oxygen atoms in total. The Labute approximate surface area is 259 Å². The van der Waals surface area contributed by atoms with Crippen molar-refractivity contribution in [3.8, 4) is 11.5 Å². The van der Waals surface area contributed by atoms with Crippen molar-refractivity contribution < 1.29 is 23.9 Å². The molecule has 3 heterocycles. The van der Waals surface area contributed by atoms with Crippen molar-refractivity contribution in [1.82, 2.24) is 4.98 Å². The zero-order valence-electron chi connectivity index (χ0n) is 24.6. The molecular weight excluding hydrogens is 564 g/mol. The minimum Gasteiger partial charge on any atom is -0.493 e. The molecule has 45 heavy (non-hydrogen) atoms. The lowest BCUT2D eigenvalue weighted by molar-refractivity contribution is 0.0664. The molecule has 0 N–H and O–H groups in total. The molecule has 8 rings (SSSR count). The van der Waals surface area contributed by atoms with E-state index in [1.54, 1.807) is 55.8 Å². The lowest BCUT2D eigenvalue weighted by Gasteiger charge is -2.37. The first-order valence-corrected chi connectivity index (χ1v) is 14.9. The number of Topliss-reactive ketones (excluding diaryl/α,β-unsaturated/α-hetero) is 3. The van der Waals surface area contributed by atoms with Gasteiger partial charge in [0.2, 0.25) is 0 Å². The van der Waals surface area contributed by atoms with Gasteiger partial charge in [-0.2, -0.15) is 0 Å². The van der Waals surface area contributed by atoms with Gasteiger partial charge in [0, 0.05) is 39.8 Å². The van der Waals surface area contributed by atoms with Gasteiger partial charge in [0.05, 0.1) is 31.5 Å². The summed E-state index contributed by atoms with van der Waals surface area (Å²) in [5.74, 6) is -0.943. The maximum Gasteiger partial charge on any atom is 0.185 e. The predicted molar refractivity (Wildman–Crippen MR) is 171 cm³/mol. The van der Waals surface area contributed by atoms with Crippen LogP contribution in [0.25, 0.3) is 17.0 Å². The Morgan fingerprint density at radius 1 is 0.800 bits per heavy atom. The van der Waals surface area contributed by atoms with Crippen LogP contribution in [0.4, 0.5) is 5.69 Å². The first-order chi connectivity index (χ1) is 22.0. The molecule has 1 aromatic heterocycles. The highest BCUT2D eigenvalue weighted by Gasteiger charge is 2.72. The van der Waals surface area contributed by atoms with Crippen molar-refractivity contribution in [3.05, 3.63) is 137 Å². The molecule has 0 amide bonds. The summed E-state index contributed by atoms with van der Waals surface area (Å²) < 4.78 is 11.6. The second-order valence-electron chi connectivity index (χ2n) is 11.6. The summed E-state index contributed by atoms with van der Waals surface area (Å²) in [6, 6.07) is 27.5. The van der Waals surface area contributed by atoms with Crippen molar-refractivity contribution in [2.45, 2.75) is 18.0 Å². The van der Waals surface area contributed by atoms with Gasteiger partial charge in [-0.25, -0.2) is 0 Å². The largest absolute Gasteiger partial charge is 0.493 e. The molecule has 3 atom stereocenters. The van der Waals surface area contributed by atoms with Crippen LogP contribution in [0.5, 0.6) is 11.5 Å². The van der Waals surface area contributed by atoms with E-state index < -0.39 is 23.4 Å². The number of methoxy groups -OCH3 is 2. The Hall–Kier alpha value is -5.56. The molecular formula is C38H28N2O5. The summed E-state index contributed by atoms with van der Waals surface area (Å²) in [4.78, 5) is 51.8. The molecule has 1 aliphatic carbocycles. The van der Waals surface area contributed by atoms with E-state index in [1.165, 1.54) is 7.11 Å². The zero-order chi connectivity index (χ0) is 30.9. The van der Waals surface area contributed by atoms with Crippen LogP contribution in [0.2, 0.25) is 0 Å². The fourth-order valence-electron chi connectivity index (χ4n) is 7.86. The molecule has 7 heteroatoms. The van der Waals surface area contributed by atoms with Crippen molar-refractivity contribution in [3.63, 3.8) is 0 Å². The number of nitrogens with zero attached hydrogens (tertiary/aromatic N) is 2. The number of para-hydroxylation sites is 1. The van der Waals surface area contributed by atoms with Gasteiger partial charge in [-0.1, -0.05) is 97.1 Å². The van der Waals surface area contributed by atoms with Gasteiger partial charge in [-0.3, -0.25) is 19.4 Å². The number of benzene rings is 4. The van der Waals surface area contributed by atoms with Crippen LogP contribution in [0, 0.1) is 5.41 Å². The van der Waals surface area contributed by atoms with E-state index in [-0.39, 0.29) is 17.3 Å². The van der Waals surface area contributed by atoms with Gasteiger partial charge >= 0.3 is 0 Å². The minimum atomic E-state index is -1.68. The van der Waals surface area contributed by atoms with Crippen LogP contribution in [0.3, 0.4) is 0 Å². The van der Waals surface area contributed by atoms with Gasteiger partial charge in [0.15, 0.2) is 28.8 Å². The number of aromatic nitrogens is 1. The number of hydrogen-bond acceptors (Lipinski definition) is 7. The third-order valence-corrected chi connectivity index (χ3v) is 9.63. The molecule has 2 aliphatic heterocycles. The maximum atomic E-state index is 15.0. The topological polar surface area (TPSA) is 85.8 Å². The Bertz CT molecular complexity index is 2050. The molecule has 5 aromatic rings. The lowest BCUT2D eigenvalue weighted by Crippen LogP contribution is -2.48. The van der Waals surface area contributed by atoms with Gasteiger partial charge in [0.1, 0.15) is 11.5 Å². The van der Waals surface area contributed by atoms with Gasteiger partial charge < -0.3 is 14.4 Å². The van der Waals surface area contributed by atoms with Crippen molar-refractivity contribution in [2.24, 2.45) is 5.41 Å². The van der Waals surface area contributed by atoms with Gasteiger partial charge in [0.25, 0.3) is 0 Å². The lowest BCUT2D eigenvalue weighted by atomic mass is 9.64. The van der Waals surface area contributed by atoms with E-state index in [2.05, 4.69) is 0 Å². The minimum absolute atomic E-state index is 0.210. The summed E-state index contributed by atoms with van der Waals surface area (Å²) >= 11 is 0. The van der Waals surface area contributed by atoms with Crippen LogP contribution >= 0.6 is 0 Å². The van der Waals surface area contributed by atoms with E-state index >= 15 is 14.4 Å². The van der Waals surface area contributed by atoms with Crippen LogP contribution in [0.15, 0.2) is 109 Å². The Morgan fingerprint density at radius 2 is 1.53 bits per heavy atom. The van der Waals surface area contributed by atoms with Crippen LogP contribution in [0.1, 0.15) is 48.1 Å². The normalized spacial score (nSPS) is 20.7. The van der Waals surface area contributed by atoms with Gasteiger partial charge in [-0.05, 0) is 17.7 Å². The number of carbonyl (C=O) groups is 3. The van der Waals surface area contributed by atoms with E-state index in [9.17, 15) is 0 Å². The summed E-state index contributed by atoms with van der Waals surface area (Å²) in [5.41, 5.74) is 2.34. The maximum absolute atomic E-state index is 15.0. The zero-order valence-corrected chi connectivity index (χ0v) is 24.6. The third kappa shape index (κ3) is 3.52. The van der Waals surface area contributed by atoms with Gasteiger partial charge in [-0.15, -0.1) is 0 Å². The highest BCUT2D eigenvalue weighted by atomic mass is 16.5. The third-order valence-electron chi connectivity index (χ3n) is 9.63. The number of hydrogen-bond donors (Lipinski definition) is 0. The Kier molecular flexibility index (Phi) is 6.00. The highest BCUT2D eigenvalue weighted by molar-refractivity contribution is 6.32. The van der Waals surface area contributed by atoms with E-state index in [0.717, 1.165) is 16.6 Å². The molecule has 0 unspecified atom stereocenters. The molecule has 1 fully saturated rings. The average molecular weight is 593 g/mol. The molecule has 4 aromatic carbocycles. The van der Waals surface area contributed by atoms with Crippen LogP contribution < -0.4 is 14.4 Å². The molecule has 0 saturated carbocycles. The van der Waals surface area contributed by atoms with Crippen LogP contribution in [-0.4, -0.2) is 48.6 Å². The Balaban J connectivity index is 1.51. The SMILES string of the molecule is COc1cccc([C@@H]2[C@@H](C(=O)c3ccccc3)N3c4c(ccc5cccnc45)C=C[C@H]3C23C(=O)c2ccccc2C3=O)c1OC.